The quantitative estimate of drug-likeness (QED) is 0.892. The molecule has 4 heteroatoms. The number of benzene rings is 1. The zero-order valence-electron chi connectivity index (χ0n) is 11.6. The highest BCUT2D eigenvalue weighted by molar-refractivity contribution is 5.27. The molecule has 0 bridgehead atoms. The van der Waals surface area contributed by atoms with Crippen molar-refractivity contribution < 1.29 is 4.74 Å². The smallest absolute Gasteiger partial charge is 0.233 e. The Morgan fingerprint density at radius 3 is 2.53 bits per heavy atom. The third-order valence-electron chi connectivity index (χ3n) is 3.26. The molecule has 0 aliphatic heterocycles. The van der Waals surface area contributed by atoms with Crippen LogP contribution in [0.5, 0.6) is 5.88 Å². The first-order valence-electron chi connectivity index (χ1n) is 6.34. The first-order chi connectivity index (χ1) is 9.24. The number of aromatic nitrogens is 2. The SMILES string of the molecule is CNC(Cc1ccccc1C)c1ccc(OC)nn1. The molecule has 0 spiro atoms. The Kier molecular flexibility index (Phi) is 4.47. The third kappa shape index (κ3) is 3.29. The fourth-order valence-corrected chi connectivity index (χ4v) is 2.04. The number of hydrogen-bond donors (Lipinski definition) is 1. The second-order valence-electron chi connectivity index (χ2n) is 4.47. The minimum absolute atomic E-state index is 0.152. The van der Waals surface area contributed by atoms with Crippen LogP contribution in [0.15, 0.2) is 36.4 Å². The Labute approximate surface area is 113 Å². The number of hydrogen-bond acceptors (Lipinski definition) is 4. The molecule has 2 rings (SSSR count). The minimum Gasteiger partial charge on any atom is -0.480 e. The molecular weight excluding hydrogens is 238 g/mol. The molecule has 0 amide bonds. The van der Waals surface area contributed by atoms with Gasteiger partial charge in [0, 0.05) is 6.07 Å². The van der Waals surface area contributed by atoms with Gasteiger partial charge in [-0.1, -0.05) is 24.3 Å². The van der Waals surface area contributed by atoms with Crippen LogP contribution < -0.4 is 10.1 Å². The van der Waals surface area contributed by atoms with Crippen molar-refractivity contribution in [3.63, 3.8) is 0 Å². The third-order valence-corrected chi connectivity index (χ3v) is 3.26. The van der Waals surface area contributed by atoms with Crippen molar-refractivity contribution in [1.82, 2.24) is 15.5 Å². The van der Waals surface area contributed by atoms with Gasteiger partial charge in [-0.05, 0) is 37.6 Å². The molecule has 1 N–H and O–H groups in total. The van der Waals surface area contributed by atoms with E-state index in [1.165, 1.54) is 11.1 Å². The van der Waals surface area contributed by atoms with Gasteiger partial charge in [0.05, 0.1) is 18.8 Å². The van der Waals surface area contributed by atoms with Crippen LogP contribution >= 0.6 is 0 Å². The molecule has 1 heterocycles. The molecule has 0 radical (unpaired) electrons. The van der Waals surface area contributed by atoms with Gasteiger partial charge < -0.3 is 10.1 Å². The lowest BCUT2D eigenvalue weighted by molar-refractivity contribution is 0.389. The van der Waals surface area contributed by atoms with Crippen LogP contribution in [-0.2, 0) is 6.42 Å². The van der Waals surface area contributed by atoms with Crippen molar-refractivity contribution >= 4 is 0 Å². The van der Waals surface area contributed by atoms with Crippen LogP contribution in [-0.4, -0.2) is 24.4 Å². The van der Waals surface area contributed by atoms with Gasteiger partial charge in [-0.25, -0.2) is 0 Å². The van der Waals surface area contributed by atoms with E-state index in [0.717, 1.165) is 12.1 Å². The van der Waals surface area contributed by atoms with E-state index in [9.17, 15) is 0 Å². The van der Waals surface area contributed by atoms with Gasteiger partial charge >= 0.3 is 0 Å². The lowest BCUT2D eigenvalue weighted by Gasteiger charge is -2.16. The molecule has 0 fully saturated rings. The summed E-state index contributed by atoms with van der Waals surface area (Å²) in [5.41, 5.74) is 3.54. The molecule has 0 aliphatic rings. The van der Waals surface area contributed by atoms with Crippen molar-refractivity contribution in [1.29, 1.82) is 0 Å². The maximum atomic E-state index is 5.03. The maximum absolute atomic E-state index is 5.03. The summed E-state index contributed by atoms with van der Waals surface area (Å²) >= 11 is 0. The number of aryl methyl sites for hydroxylation is 1. The fourth-order valence-electron chi connectivity index (χ4n) is 2.04. The Morgan fingerprint density at radius 2 is 1.95 bits per heavy atom. The van der Waals surface area contributed by atoms with Crippen LogP contribution in [0.4, 0.5) is 0 Å². The van der Waals surface area contributed by atoms with Crippen LogP contribution in [0.1, 0.15) is 22.9 Å². The standard InChI is InChI=1S/C15H19N3O/c1-11-6-4-5-7-12(11)10-14(16-2)13-8-9-15(19-3)18-17-13/h4-9,14,16H,10H2,1-3H3. The van der Waals surface area contributed by atoms with Gasteiger partial charge in [0.1, 0.15) is 0 Å². The molecule has 0 aliphatic carbocycles. The molecule has 0 saturated carbocycles. The highest BCUT2D eigenvalue weighted by Crippen LogP contribution is 2.19. The Hall–Kier alpha value is -1.94. The van der Waals surface area contributed by atoms with Gasteiger partial charge in [0.15, 0.2) is 0 Å². The summed E-state index contributed by atoms with van der Waals surface area (Å²) in [7, 11) is 3.53. The molecule has 19 heavy (non-hydrogen) atoms. The van der Waals surface area contributed by atoms with Crippen molar-refractivity contribution in [2.75, 3.05) is 14.2 Å². The predicted octanol–water partition coefficient (Wildman–Crippen LogP) is 2.30. The molecular formula is C15H19N3O. The first-order valence-corrected chi connectivity index (χ1v) is 6.34. The van der Waals surface area contributed by atoms with Gasteiger partial charge in [0.25, 0.3) is 0 Å². The molecule has 100 valence electrons. The highest BCUT2D eigenvalue weighted by atomic mass is 16.5. The van der Waals surface area contributed by atoms with Gasteiger partial charge in [-0.3, -0.25) is 0 Å². The van der Waals surface area contributed by atoms with Crippen molar-refractivity contribution in [2.45, 2.75) is 19.4 Å². The van der Waals surface area contributed by atoms with E-state index in [4.69, 9.17) is 4.74 Å². The van der Waals surface area contributed by atoms with Gasteiger partial charge in [0.2, 0.25) is 5.88 Å². The topological polar surface area (TPSA) is 47.0 Å². The summed E-state index contributed by atoms with van der Waals surface area (Å²) in [5, 5.41) is 11.5. The Morgan fingerprint density at radius 1 is 1.16 bits per heavy atom. The van der Waals surface area contributed by atoms with E-state index in [-0.39, 0.29) is 6.04 Å². The number of likely N-dealkylation sites (N-methyl/N-ethyl adjacent to an activating group) is 1. The average molecular weight is 257 g/mol. The lowest BCUT2D eigenvalue weighted by Crippen LogP contribution is -2.20. The number of ether oxygens (including phenoxy) is 1. The van der Waals surface area contributed by atoms with E-state index < -0.39 is 0 Å². The number of nitrogens with one attached hydrogen (secondary N) is 1. The molecule has 1 atom stereocenters. The zero-order chi connectivity index (χ0) is 13.7. The lowest BCUT2D eigenvalue weighted by atomic mass is 9.99. The summed E-state index contributed by atoms with van der Waals surface area (Å²) in [6.07, 6.45) is 0.893. The summed E-state index contributed by atoms with van der Waals surface area (Å²) in [4.78, 5) is 0. The molecule has 0 saturated heterocycles. The fraction of sp³-hybridized carbons (Fsp3) is 0.333. The van der Waals surface area contributed by atoms with Crippen molar-refractivity contribution in [3.05, 3.63) is 53.2 Å². The summed E-state index contributed by atoms with van der Waals surface area (Å²) < 4.78 is 5.03. The van der Waals surface area contributed by atoms with Gasteiger partial charge in [-0.2, -0.15) is 5.10 Å². The zero-order valence-corrected chi connectivity index (χ0v) is 11.6. The van der Waals surface area contributed by atoms with E-state index in [0.29, 0.717) is 5.88 Å². The van der Waals surface area contributed by atoms with E-state index in [2.05, 4.69) is 46.7 Å². The predicted molar refractivity (Wildman–Crippen MR) is 75.3 cm³/mol. The highest BCUT2D eigenvalue weighted by Gasteiger charge is 2.13. The largest absolute Gasteiger partial charge is 0.480 e. The summed E-state index contributed by atoms with van der Waals surface area (Å²) in [6, 6.07) is 12.3. The monoisotopic (exact) mass is 257 g/mol. The number of methoxy groups -OCH3 is 1. The molecule has 4 nitrogen and oxygen atoms in total. The Balaban J connectivity index is 2.17. The van der Waals surface area contributed by atoms with Crippen LogP contribution in [0.25, 0.3) is 0 Å². The molecule has 1 unspecified atom stereocenters. The molecule has 1 aromatic carbocycles. The van der Waals surface area contributed by atoms with Crippen LogP contribution in [0, 0.1) is 6.92 Å². The van der Waals surface area contributed by atoms with Crippen LogP contribution in [0.3, 0.4) is 0 Å². The number of nitrogens with zero attached hydrogens (tertiary/aromatic N) is 2. The van der Waals surface area contributed by atoms with E-state index >= 15 is 0 Å². The molecule has 2 aromatic rings. The average Bonchev–Trinajstić information content (AvgIpc) is 2.47. The van der Waals surface area contributed by atoms with E-state index in [1.54, 1.807) is 7.11 Å². The van der Waals surface area contributed by atoms with Gasteiger partial charge in [-0.15, -0.1) is 5.10 Å². The van der Waals surface area contributed by atoms with Crippen molar-refractivity contribution in [2.24, 2.45) is 0 Å². The number of rotatable bonds is 5. The maximum Gasteiger partial charge on any atom is 0.233 e. The molecule has 1 aromatic heterocycles. The van der Waals surface area contributed by atoms with Crippen molar-refractivity contribution in [3.8, 4) is 5.88 Å². The summed E-state index contributed by atoms with van der Waals surface area (Å²) in [6.45, 7) is 2.13. The van der Waals surface area contributed by atoms with Crippen LogP contribution in [0.2, 0.25) is 0 Å². The first kappa shape index (κ1) is 13.5. The second-order valence-corrected chi connectivity index (χ2v) is 4.47. The second kappa shape index (κ2) is 6.29. The minimum atomic E-state index is 0.152. The Bertz CT molecular complexity index is 525. The summed E-state index contributed by atoms with van der Waals surface area (Å²) in [5.74, 6) is 0.537. The van der Waals surface area contributed by atoms with E-state index in [1.807, 2.05) is 19.2 Å². The normalized spacial score (nSPS) is 12.2.